The largest absolute Gasteiger partial charge is 0.391 e. The number of likely N-dealkylation sites (N-methyl/N-ethyl adjacent to an activating group) is 1. The molecule has 20 nitrogen and oxygen atoms in total. The average molecular weight is 1070 g/mol. The highest BCUT2D eigenvalue weighted by atomic mass is 32.1. The van der Waals surface area contributed by atoms with Crippen molar-refractivity contribution in [3.63, 3.8) is 0 Å². The van der Waals surface area contributed by atoms with Crippen LogP contribution in [0.5, 0.6) is 0 Å². The van der Waals surface area contributed by atoms with Crippen LogP contribution in [0.2, 0.25) is 0 Å². The predicted octanol–water partition coefficient (Wildman–Crippen LogP) is 5.87. The molecule has 5 atom stereocenters. The molecule has 4 heterocycles. The number of likely N-dealkylation sites (tertiary alicyclic amines) is 1. The number of hydrogen-bond donors (Lipinski definition) is 8. The second-order valence-corrected chi connectivity index (χ2v) is 22.5. The van der Waals surface area contributed by atoms with Gasteiger partial charge in [0.1, 0.15) is 17.8 Å². The molecule has 21 heteroatoms. The summed E-state index contributed by atoms with van der Waals surface area (Å²) in [6, 6.07) is 20.9. The predicted molar refractivity (Wildman–Crippen MR) is 294 cm³/mol. The monoisotopic (exact) mass is 1070 g/mol. The van der Waals surface area contributed by atoms with Gasteiger partial charge in [0.25, 0.3) is 17.7 Å². The van der Waals surface area contributed by atoms with E-state index in [1.807, 2.05) is 115 Å². The van der Waals surface area contributed by atoms with Crippen LogP contribution in [0.15, 0.2) is 84.4 Å². The molecule has 2 aromatic heterocycles. The highest BCUT2D eigenvalue weighted by molar-refractivity contribution is 7.13. The van der Waals surface area contributed by atoms with E-state index < -0.39 is 52.9 Å². The summed E-state index contributed by atoms with van der Waals surface area (Å²) in [5.74, 6) is -1.86. The normalized spacial score (nSPS) is 17.0. The van der Waals surface area contributed by atoms with Crippen molar-refractivity contribution in [2.45, 2.75) is 117 Å². The Morgan fingerprint density at radius 1 is 0.831 bits per heavy atom. The third-order valence-corrected chi connectivity index (χ3v) is 14.8. The molecule has 410 valence electrons. The van der Waals surface area contributed by atoms with Crippen LogP contribution in [-0.4, -0.2) is 135 Å². The van der Waals surface area contributed by atoms with Gasteiger partial charge in [0.15, 0.2) is 5.82 Å². The summed E-state index contributed by atoms with van der Waals surface area (Å²) < 4.78 is 0. The third kappa shape index (κ3) is 13.9. The minimum absolute atomic E-state index is 0.0167. The Bertz CT molecular complexity index is 2920. The molecule has 8 amide bonds. The molecule has 2 aliphatic rings. The number of aliphatic hydroxyl groups excluding tert-OH is 1. The van der Waals surface area contributed by atoms with E-state index in [0.717, 1.165) is 34.4 Å². The first kappa shape index (κ1) is 57.2. The molecule has 0 saturated carbocycles. The summed E-state index contributed by atoms with van der Waals surface area (Å²) in [5, 5.41) is 35.6. The van der Waals surface area contributed by atoms with Gasteiger partial charge in [-0.2, -0.15) is 5.10 Å². The van der Waals surface area contributed by atoms with E-state index in [0.29, 0.717) is 60.0 Å². The summed E-state index contributed by atoms with van der Waals surface area (Å²) in [4.78, 5) is 103. The first-order valence-corrected chi connectivity index (χ1v) is 26.8. The van der Waals surface area contributed by atoms with E-state index in [-0.39, 0.29) is 49.3 Å². The first-order valence-electron chi connectivity index (χ1n) is 26.0. The van der Waals surface area contributed by atoms with Crippen molar-refractivity contribution in [2.75, 3.05) is 45.6 Å². The van der Waals surface area contributed by atoms with Gasteiger partial charge in [0.05, 0.1) is 46.4 Å². The maximum absolute atomic E-state index is 13.8. The fourth-order valence-electron chi connectivity index (χ4n) is 9.68. The highest BCUT2D eigenvalue weighted by Gasteiger charge is 2.46. The summed E-state index contributed by atoms with van der Waals surface area (Å²) in [6.07, 6.45) is 1.29. The van der Waals surface area contributed by atoms with Crippen LogP contribution in [0.1, 0.15) is 140 Å². The Morgan fingerprint density at radius 3 is 2.09 bits per heavy atom. The van der Waals surface area contributed by atoms with E-state index in [4.69, 9.17) is 0 Å². The molecular formula is C56H72N12O8S. The number of thiazole rings is 1. The number of nitrogens with one attached hydrogen (secondary N) is 7. The molecule has 77 heavy (non-hydrogen) atoms. The fourth-order valence-corrected chi connectivity index (χ4v) is 10.5. The first-order chi connectivity index (χ1) is 36.5. The molecule has 0 bridgehead atoms. The Hall–Kier alpha value is -7.49. The lowest BCUT2D eigenvalue weighted by Crippen LogP contribution is -2.57. The number of aliphatic hydroxyl groups is 1. The molecule has 1 fully saturated rings. The number of amides is 8. The number of carbonyl (C=O) groups is 7. The van der Waals surface area contributed by atoms with Crippen LogP contribution in [0.3, 0.4) is 0 Å². The Kier molecular flexibility index (Phi) is 18.3. The summed E-state index contributed by atoms with van der Waals surface area (Å²) in [7, 11) is 3.92. The lowest BCUT2D eigenvalue weighted by atomic mass is 9.85. The molecule has 0 unspecified atom stereocenters. The zero-order valence-electron chi connectivity index (χ0n) is 45.3. The lowest BCUT2D eigenvalue weighted by molar-refractivity contribution is -0.144. The number of hydrogen-bond acceptors (Lipinski definition) is 12. The van der Waals surface area contributed by atoms with Crippen LogP contribution in [0.25, 0.3) is 10.4 Å². The number of carbonyl (C=O) groups excluding carboxylic acids is 7. The number of aromatic nitrogens is 3. The number of urea groups is 1. The molecule has 5 aromatic rings. The van der Waals surface area contributed by atoms with Crippen molar-refractivity contribution < 1.29 is 38.7 Å². The van der Waals surface area contributed by atoms with Crippen molar-refractivity contribution >= 4 is 58.6 Å². The number of H-pyrrole nitrogens is 1. The van der Waals surface area contributed by atoms with E-state index in [1.165, 1.54) is 23.2 Å². The van der Waals surface area contributed by atoms with Crippen molar-refractivity contribution in [3.8, 4) is 10.4 Å². The van der Waals surface area contributed by atoms with Crippen molar-refractivity contribution in [1.82, 2.24) is 56.5 Å². The summed E-state index contributed by atoms with van der Waals surface area (Å²) in [6.45, 7) is 14.2. The summed E-state index contributed by atoms with van der Waals surface area (Å²) in [5.41, 5.74) is 5.30. The molecule has 8 N–H and O–H groups in total. The van der Waals surface area contributed by atoms with E-state index in [1.54, 1.807) is 34.7 Å². The number of fused-ring (bicyclic) bond motifs is 1. The smallest absolute Gasteiger partial charge is 0.319 e. The molecule has 7 rings (SSSR count). The van der Waals surface area contributed by atoms with Crippen molar-refractivity contribution in [2.24, 2.45) is 5.41 Å². The molecule has 0 spiro atoms. The van der Waals surface area contributed by atoms with Crippen LogP contribution in [0.4, 0.5) is 10.6 Å². The number of β-amino-alcohol motifs (C(OH)–C–C–N with tert-alkyl or cyclic N) is 1. The van der Waals surface area contributed by atoms with Gasteiger partial charge in [-0.25, -0.2) is 9.78 Å². The fraction of sp³-hybridized carbons (Fsp3) is 0.446. The summed E-state index contributed by atoms with van der Waals surface area (Å²) >= 11 is 1.34. The Balaban J connectivity index is 0.820. The van der Waals surface area contributed by atoms with Gasteiger partial charge in [-0.15, -0.1) is 11.3 Å². The second kappa shape index (κ2) is 24.7. The van der Waals surface area contributed by atoms with Gasteiger partial charge in [-0.05, 0) is 100 Å². The number of rotatable bonds is 20. The zero-order chi connectivity index (χ0) is 55.8. The topological polar surface area (TPSA) is 263 Å². The van der Waals surface area contributed by atoms with E-state index >= 15 is 0 Å². The van der Waals surface area contributed by atoms with Crippen LogP contribution in [-0.2, 0) is 26.5 Å². The van der Waals surface area contributed by atoms with Gasteiger partial charge in [-0.1, -0.05) is 75.4 Å². The SMILES string of the molecule is CC(=O)N[C@H](C(=O)N1C[C@H](O)C[C@H]1C(=O)N[C@@H](C)c1ccc(-c2scnc2C(=O)NCCCCCNC(=O)c2ccc(C(=O)Nc3n[nH]c4c3CN(C(=O)N[C@H](CN(C)C)c3ccccc3)C4(C)C)cc2)cc1)C(C)(C)C. The quantitative estimate of drug-likeness (QED) is 0.0428. The van der Waals surface area contributed by atoms with Gasteiger partial charge < -0.3 is 51.7 Å². The van der Waals surface area contributed by atoms with Gasteiger partial charge in [0, 0.05) is 56.2 Å². The second-order valence-electron chi connectivity index (χ2n) is 21.6. The maximum atomic E-state index is 13.8. The van der Waals surface area contributed by atoms with E-state index in [9.17, 15) is 38.7 Å². The number of unbranched alkanes of at least 4 members (excludes halogenated alkanes) is 2. The Labute approximate surface area is 453 Å². The molecule has 0 aliphatic carbocycles. The number of benzene rings is 3. The molecule has 2 aliphatic heterocycles. The molecular weight excluding hydrogens is 1000 g/mol. The van der Waals surface area contributed by atoms with E-state index in [2.05, 4.69) is 47.1 Å². The number of anilines is 1. The molecule has 1 saturated heterocycles. The van der Waals surface area contributed by atoms with Gasteiger partial charge >= 0.3 is 6.03 Å². The van der Waals surface area contributed by atoms with Crippen molar-refractivity contribution in [3.05, 3.63) is 124 Å². The lowest BCUT2D eigenvalue weighted by Gasteiger charge is -2.35. The standard InChI is InChI=1S/C56H72N12O8S/c1-33(60-51(73)43-28-40(70)29-67(43)53(75)47(55(3,4)5)61-34(2)69)35-18-20-37(21-19-35)45-44(59-32-77-45)52(74)58-27-15-11-14-26-57-49(71)38-22-24-39(25-23-38)50(72)63-48-41-30-68(56(6,7)46(41)64-65-48)54(76)62-42(31-66(8)9)36-16-12-10-13-17-36/h10,12-13,16-25,32-33,40,42-43,47,70H,11,14-15,26-31H2,1-9H3,(H,57,71)(H,58,74)(H,60,73)(H,61,69)(H,62,76)(H2,63,64,65,72)/t33-,40+,42+,43-,47+/m0/s1. The van der Waals surface area contributed by atoms with Crippen LogP contribution < -0.4 is 31.9 Å². The Morgan fingerprint density at radius 2 is 1.47 bits per heavy atom. The van der Waals surface area contributed by atoms with Crippen LogP contribution in [0, 0.1) is 5.41 Å². The third-order valence-electron chi connectivity index (χ3n) is 14.0. The minimum Gasteiger partial charge on any atom is -0.391 e. The average Bonchev–Trinajstić information content (AvgIpc) is 4.25. The zero-order valence-corrected chi connectivity index (χ0v) is 46.1. The highest BCUT2D eigenvalue weighted by Crippen LogP contribution is 2.41. The number of nitrogens with zero attached hydrogens (tertiary/aromatic N) is 5. The minimum atomic E-state index is -0.909. The van der Waals surface area contributed by atoms with Gasteiger partial charge in [0.2, 0.25) is 17.7 Å². The van der Waals surface area contributed by atoms with Crippen molar-refractivity contribution in [1.29, 1.82) is 0 Å². The molecule has 3 aromatic carbocycles. The molecule has 0 radical (unpaired) electrons. The maximum Gasteiger partial charge on any atom is 0.319 e. The number of aromatic amines is 1. The van der Waals surface area contributed by atoms with Gasteiger partial charge in [-0.3, -0.25) is 33.9 Å². The van der Waals surface area contributed by atoms with Crippen LogP contribution >= 0.6 is 11.3 Å².